The highest BCUT2D eigenvalue weighted by molar-refractivity contribution is 5.95. The summed E-state index contributed by atoms with van der Waals surface area (Å²) in [5.41, 5.74) is 7.26. The van der Waals surface area contributed by atoms with Gasteiger partial charge in [0.1, 0.15) is 5.75 Å². The number of carbonyl (C=O) groups is 2. The number of hydrazine groups is 1. The maximum absolute atomic E-state index is 12.0. The van der Waals surface area contributed by atoms with E-state index in [1.807, 2.05) is 54.6 Å². The Kier molecular flexibility index (Phi) is 6.01. The molecule has 0 aromatic heterocycles. The van der Waals surface area contributed by atoms with E-state index in [4.69, 9.17) is 10.00 Å². The van der Waals surface area contributed by atoms with Crippen molar-refractivity contribution in [2.75, 3.05) is 6.61 Å². The molecule has 0 saturated heterocycles. The quantitative estimate of drug-likeness (QED) is 0.675. The van der Waals surface area contributed by atoms with Gasteiger partial charge in [0.05, 0.1) is 11.6 Å². The van der Waals surface area contributed by atoms with E-state index in [2.05, 4.69) is 10.9 Å². The summed E-state index contributed by atoms with van der Waals surface area (Å²) >= 11 is 0. The van der Waals surface area contributed by atoms with Gasteiger partial charge in [0.2, 0.25) is 0 Å². The molecule has 0 bridgehead atoms. The first-order chi connectivity index (χ1) is 13.7. The van der Waals surface area contributed by atoms with Crippen LogP contribution in [0.15, 0.2) is 78.9 Å². The molecule has 6 heteroatoms. The zero-order valence-electron chi connectivity index (χ0n) is 14.9. The number of carbonyl (C=O) groups excluding carboxylic acids is 2. The number of nitriles is 1. The van der Waals surface area contributed by atoms with Gasteiger partial charge in [-0.3, -0.25) is 20.4 Å². The molecule has 2 amide bonds. The van der Waals surface area contributed by atoms with Gasteiger partial charge < -0.3 is 4.74 Å². The van der Waals surface area contributed by atoms with Gasteiger partial charge in [-0.15, -0.1) is 0 Å². The summed E-state index contributed by atoms with van der Waals surface area (Å²) < 4.78 is 5.62. The predicted octanol–water partition coefficient (Wildman–Crippen LogP) is 3.07. The van der Waals surface area contributed by atoms with Crippen LogP contribution < -0.4 is 15.6 Å². The summed E-state index contributed by atoms with van der Waals surface area (Å²) in [6.07, 6.45) is 0. The highest BCUT2D eigenvalue weighted by Gasteiger charge is 2.10. The molecule has 0 fully saturated rings. The second-order valence-electron chi connectivity index (χ2n) is 5.84. The van der Waals surface area contributed by atoms with Crippen LogP contribution in [-0.2, 0) is 4.79 Å². The van der Waals surface area contributed by atoms with Crippen LogP contribution >= 0.6 is 0 Å². The second-order valence-corrected chi connectivity index (χ2v) is 5.84. The first-order valence-electron chi connectivity index (χ1n) is 8.54. The van der Waals surface area contributed by atoms with Crippen LogP contribution in [-0.4, -0.2) is 18.4 Å². The molecule has 0 spiro atoms. The topological polar surface area (TPSA) is 91.2 Å². The Morgan fingerprint density at radius 1 is 0.857 bits per heavy atom. The second kappa shape index (κ2) is 9.01. The van der Waals surface area contributed by atoms with Crippen molar-refractivity contribution in [1.82, 2.24) is 10.9 Å². The van der Waals surface area contributed by atoms with E-state index in [1.165, 1.54) is 24.3 Å². The first-order valence-corrected chi connectivity index (χ1v) is 8.54. The van der Waals surface area contributed by atoms with Crippen LogP contribution in [0.2, 0.25) is 0 Å². The molecule has 138 valence electrons. The number of rotatable bonds is 5. The van der Waals surface area contributed by atoms with Gasteiger partial charge in [-0.25, -0.2) is 0 Å². The Balaban J connectivity index is 1.55. The van der Waals surface area contributed by atoms with Gasteiger partial charge in [-0.05, 0) is 35.9 Å². The number of hydrogen-bond donors (Lipinski definition) is 2. The summed E-state index contributed by atoms with van der Waals surface area (Å²) in [6.45, 7) is -0.252. The maximum atomic E-state index is 12.0. The number of amides is 2. The number of hydrogen-bond acceptors (Lipinski definition) is 4. The lowest BCUT2D eigenvalue weighted by molar-refractivity contribution is -0.123. The molecule has 3 rings (SSSR count). The Morgan fingerprint density at radius 2 is 1.54 bits per heavy atom. The molecule has 0 radical (unpaired) electrons. The van der Waals surface area contributed by atoms with E-state index in [0.717, 1.165) is 11.1 Å². The third-order valence-corrected chi connectivity index (χ3v) is 3.92. The van der Waals surface area contributed by atoms with E-state index in [1.54, 1.807) is 6.07 Å². The normalized spacial score (nSPS) is 9.82. The third-order valence-electron chi connectivity index (χ3n) is 3.92. The van der Waals surface area contributed by atoms with Crippen molar-refractivity contribution in [3.05, 3.63) is 90.0 Å². The molecule has 0 unspecified atom stereocenters. The van der Waals surface area contributed by atoms with Crippen molar-refractivity contribution in [3.8, 4) is 22.9 Å². The van der Waals surface area contributed by atoms with E-state index >= 15 is 0 Å². The van der Waals surface area contributed by atoms with Crippen molar-refractivity contribution in [3.63, 3.8) is 0 Å². The SMILES string of the molecule is N#Cc1ccc(C(=O)NNC(=O)COc2ccccc2-c2ccccc2)cc1. The molecular formula is C22H17N3O3. The van der Waals surface area contributed by atoms with Gasteiger partial charge >= 0.3 is 0 Å². The molecule has 6 nitrogen and oxygen atoms in total. The fourth-order valence-electron chi connectivity index (χ4n) is 2.52. The summed E-state index contributed by atoms with van der Waals surface area (Å²) in [4.78, 5) is 24.0. The first kappa shape index (κ1) is 18.7. The fourth-order valence-corrected chi connectivity index (χ4v) is 2.52. The summed E-state index contributed by atoms with van der Waals surface area (Å²) in [5.74, 6) is -0.408. The lowest BCUT2D eigenvalue weighted by atomic mass is 10.1. The number of para-hydroxylation sites is 1. The highest BCUT2D eigenvalue weighted by atomic mass is 16.5. The monoisotopic (exact) mass is 371 g/mol. The van der Waals surface area contributed by atoms with Gasteiger partial charge in [-0.2, -0.15) is 5.26 Å². The number of nitrogens with one attached hydrogen (secondary N) is 2. The largest absolute Gasteiger partial charge is 0.483 e. The van der Waals surface area contributed by atoms with Crippen molar-refractivity contribution in [1.29, 1.82) is 5.26 Å². The van der Waals surface area contributed by atoms with Crippen LogP contribution in [0.3, 0.4) is 0 Å². The molecule has 28 heavy (non-hydrogen) atoms. The zero-order valence-corrected chi connectivity index (χ0v) is 14.9. The average Bonchev–Trinajstić information content (AvgIpc) is 2.77. The lowest BCUT2D eigenvalue weighted by Gasteiger charge is -2.12. The Labute approximate surface area is 162 Å². The highest BCUT2D eigenvalue weighted by Crippen LogP contribution is 2.29. The van der Waals surface area contributed by atoms with Crippen molar-refractivity contribution in [2.24, 2.45) is 0 Å². The van der Waals surface area contributed by atoms with Crippen LogP contribution in [0.4, 0.5) is 0 Å². The van der Waals surface area contributed by atoms with E-state index in [0.29, 0.717) is 16.9 Å². The molecular weight excluding hydrogens is 354 g/mol. The van der Waals surface area contributed by atoms with Crippen LogP contribution in [0.5, 0.6) is 5.75 Å². The minimum Gasteiger partial charge on any atom is -0.483 e. The van der Waals surface area contributed by atoms with Crippen LogP contribution in [0.1, 0.15) is 15.9 Å². The molecule has 0 aliphatic rings. The predicted molar refractivity (Wildman–Crippen MR) is 104 cm³/mol. The summed E-state index contributed by atoms with van der Waals surface area (Å²) in [6, 6.07) is 25.2. The average molecular weight is 371 g/mol. The van der Waals surface area contributed by atoms with Crippen LogP contribution in [0.25, 0.3) is 11.1 Å². The van der Waals surface area contributed by atoms with Gasteiger partial charge in [-0.1, -0.05) is 48.5 Å². The Bertz CT molecular complexity index is 1010. The molecule has 0 aliphatic heterocycles. The smallest absolute Gasteiger partial charge is 0.276 e. The Morgan fingerprint density at radius 3 is 2.25 bits per heavy atom. The third kappa shape index (κ3) is 4.74. The number of nitrogens with zero attached hydrogens (tertiary/aromatic N) is 1. The number of ether oxygens (including phenoxy) is 1. The summed E-state index contributed by atoms with van der Waals surface area (Å²) in [5, 5.41) is 8.77. The molecule has 0 atom stereocenters. The van der Waals surface area contributed by atoms with E-state index in [-0.39, 0.29) is 6.61 Å². The van der Waals surface area contributed by atoms with Crippen LogP contribution in [0, 0.1) is 11.3 Å². The molecule has 0 aliphatic carbocycles. The molecule has 3 aromatic rings. The fraction of sp³-hybridized carbons (Fsp3) is 0.0455. The van der Waals surface area contributed by atoms with Gasteiger partial charge in [0.15, 0.2) is 6.61 Å². The van der Waals surface area contributed by atoms with Crippen molar-refractivity contribution in [2.45, 2.75) is 0 Å². The molecule has 2 N–H and O–H groups in total. The maximum Gasteiger partial charge on any atom is 0.276 e. The van der Waals surface area contributed by atoms with E-state index < -0.39 is 11.8 Å². The van der Waals surface area contributed by atoms with Crippen molar-refractivity contribution >= 4 is 11.8 Å². The van der Waals surface area contributed by atoms with Crippen molar-refractivity contribution < 1.29 is 14.3 Å². The minimum atomic E-state index is -0.496. The molecule has 3 aromatic carbocycles. The Hall–Kier alpha value is -4.11. The standard InChI is InChI=1S/C22H17N3O3/c23-14-16-10-12-18(13-11-16)22(27)25-24-21(26)15-28-20-9-5-4-8-19(20)17-6-2-1-3-7-17/h1-13H,15H2,(H,24,26)(H,25,27). The molecule has 0 saturated carbocycles. The zero-order chi connectivity index (χ0) is 19.8. The van der Waals surface area contributed by atoms with E-state index in [9.17, 15) is 9.59 Å². The minimum absolute atomic E-state index is 0.252. The van der Waals surface area contributed by atoms with Gasteiger partial charge in [0.25, 0.3) is 11.8 Å². The van der Waals surface area contributed by atoms with Gasteiger partial charge in [0, 0.05) is 11.1 Å². The lowest BCUT2D eigenvalue weighted by Crippen LogP contribution is -2.43. The molecule has 0 heterocycles. The summed E-state index contributed by atoms with van der Waals surface area (Å²) in [7, 11) is 0. The number of benzene rings is 3.